The third-order valence-electron chi connectivity index (χ3n) is 4.54. The van der Waals surface area contributed by atoms with Crippen LogP contribution in [-0.2, 0) is 13.6 Å². The number of likely N-dealkylation sites (tertiary alicyclic amines) is 1. The summed E-state index contributed by atoms with van der Waals surface area (Å²) in [5.41, 5.74) is 2.05. The van der Waals surface area contributed by atoms with E-state index in [-0.39, 0.29) is 12.1 Å². The number of hydrogen-bond donors (Lipinski definition) is 2. The highest BCUT2D eigenvalue weighted by atomic mass is 16.2. The van der Waals surface area contributed by atoms with Crippen LogP contribution in [0.5, 0.6) is 0 Å². The number of carbonyl (C=O) groups is 1. The van der Waals surface area contributed by atoms with E-state index < -0.39 is 0 Å². The first-order chi connectivity index (χ1) is 11.6. The van der Waals surface area contributed by atoms with Crippen LogP contribution < -0.4 is 10.6 Å². The number of aryl methyl sites for hydroxylation is 1. The minimum atomic E-state index is -0.156. The normalized spacial score (nSPS) is 21.4. The third-order valence-corrected chi connectivity index (χ3v) is 4.54. The molecule has 128 valence electrons. The SMILES string of the molecule is CC1CC(NC(=O)Nc2cnn(C)c2)CCN1Cc1ccccc1. The van der Waals surface area contributed by atoms with Crippen LogP contribution in [0.1, 0.15) is 25.3 Å². The molecule has 2 heterocycles. The van der Waals surface area contributed by atoms with Gasteiger partial charge in [-0.1, -0.05) is 30.3 Å². The van der Waals surface area contributed by atoms with E-state index in [0.29, 0.717) is 11.7 Å². The van der Waals surface area contributed by atoms with Crippen molar-refractivity contribution in [1.82, 2.24) is 20.0 Å². The minimum absolute atomic E-state index is 0.156. The fourth-order valence-corrected chi connectivity index (χ4v) is 3.24. The van der Waals surface area contributed by atoms with Crippen LogP contribution in [-0.4, -0.2) is 39.3 Å². The van der Waals surface area contributed by atoms with Gasteiger partial charge in [0.1, 0.15) is 0 Å². The van der Waals surface area contributed by atoms with Gasteiger partial charge in [-0.2, -0.15) is 5.10 Å². The summed E-state index contributed by atoms with van der Waals surface area (Å²) in [6.07, 6.45) is 5.36. The Bertz CT molecular complexity index is 669. The van der Waals surface area contributed by atoms with Gasteiger partial charge in [-0.3, -0.25) is 9.58 Å². The van der Waals surface area contributed by atoms with Crippen molar-refractivity contribution in [2.24, 2.45) is 7.05 Å². The van der Waals surface area contributed by atoms with Crippen molar-refractivity contribution in [3.8, 4) is 0 Å². The van der Waals surface area contributed by atoms with Gasteiger partial charge in [0.25, 0.3) is 0 Å². The van der Waals surface area contributed by atoms with Gasteiger partial charge in [-0.15, -0.1) is 0 Å². The van der Waals surface area contributed by atoms with Crippen molar-refractivity contribution in [2.45, 2.75) is 38.4 Å². The monoisotopic (exact) mass is 327 g/mol. The van der Waals surface area contributed by atoms with Gasteiger partial charge in [-0.05, 0) is 25.3 Å². The molecule has 2 atom stereocenters. The maximum absolute atomic E-state index is 12.1. The molecule has 2 N–H and O–H groups in total. The molecule has 1 fully saturated rings. The number of amides is 2. The fraction of sp³-hybridized carbons (Fsp3) is 0.444. The average Bonchev–Trinajstić information content (AvgIpc) is 2.96. The molecule has 1 aliphatic rings. The van der Waals surface area contributed by atoms with Crippen molar-refractivity contribution in [1.29, 1.82) is 0 Å². The van der Waals surface area contributed by atoms with Crippen LogP contribution in [0.2, 0.25) is 0 Å². The Morgan fingerprint density at radius 2 is 2.12 bits per heavy atom. The summed E-state index contributed by atoms with van der Waals surface area (Å²) < 4.78 is 1.67. The number of carbonyl (C=O) groups excluding carboxylic acids is 1. The van der Waals surface area contributed by atoms with Crippen LogP contribution in [0.15, 0.2) is 42.7 Å². The number of nitrogens with zero attached hydrogens (tertiary/aromatic N) is 3. The van der Waals surface area contributed by atoms with Crippen molar-refractivity contribution in [3.05, 3.63) is 48.3 Å². The van der Waals surface area contributed by atoms with Crippen LogP contribution in [0.3, 0.4) is 0 Å². The molecule has 1 aromatic carbocycles. The molecule has 3 rings (SSSR count). The topological polar surface area (TPSA) is 62.2 Å². The molecule has 6 heteroatoms. The van der Waals surface area contributed by atoms with Crippen molar-refractivity contribution < 1.29 is 4.79 Å². The molecule has 2 aromatic rings. The molecule has 0 bridgehead atoms. The molecule has 6 nitrogen and oxygen atoms in total. The standard InChI is InChI=1S/C18H25N5O/c1-14-10-16(20-18(24)21-17-11-19-22(2)13-17)8-9-23(14)12-15-6-4-3-5-7-15/h3-7,11,13-14,16H,8-10,12H2,1-2H3,(H2,20,21,24). The molecule has 0 radical (unpaired) electrons. The maximum Gasteiger partial charge on any atom is 0.319 e. The molecular formula is C18H25N5O. The second-order valence-electron chi connectivity index (χ2n) is 6.53. The largest absolute Gasteiger partial charge is 0.335 e. The molecule has 0 saturated carbocycles. The summed E-state index contributed by atoms with van der Waals surface area (Å²) in [6, 6.07) is 11.0. The Morgan fingerprint density at radius 1 is 1.33 bits per heavy atom. The molecule has 2 unspecified atom stereocenters. The average molecular weight is 327 g/mol. The number of rotatable bonds is 4. The Balaban J connectivity index is 1.47. The number of benzene rings is 1. The van der Waals surface area contributed by atoms with Crippen LogP contribution in [0.25, 0.3) is 0 Å². The van der Waals surface area contributed by atoms with E-state index in [2.05, 4.69) is 51.8 Å². The number of nitrogens with one attached hydrogen (secondary N) is 2. The third kappa shape index (κ3) is 4.35. The molecule has 24 heavy (non-hydrogen) atoms. The second kappa shape index (κ2) is 7.49. The Kier molecular flexibility index (Phi) is 5.15. The van der Waals surface area contributed by atoms with Gasteiger partial charge >= 0.3 is 6.03 Å². The highest BCUT2D eigenvalue weighted by molar-refractivity contribution is 5.89. The number of urea groups is 1. The zero-order valence-corrected chi connectivity index (χ0v) is 14.3. The lowest BCUT2D eigenvalue weighted by Gasteiger charge is -2.38. The molecular weight excluding hydrogens is 302 g/mol. The van der Waals surface area contributed by atoms with Crippen LogP contribution in [0, 0.1) is 0 Å². The van der Waals surface area contributed by atoms with Crippen molar-refractivity contribution in [3.63, 3.8) is 0 Å². The van der Waals surface area contributed by atoms with Gasteiger partial charge in [-0.25, -0.2) is 4.79 Å². The number of anilines is 1. The molecule has 0 aliphatic carbocycles. The van der Waals surface area contributed by atoms with E-state index in [1.807, 2.05) is 13.1 Å². The first-order valence-electron chi connectivity index (χ1n) is 8.44. The molecule has 2 amide bonds. The van der Waals surface area contributed by atoms with Gasteiger partial charge in [0, 0.05) is 38.4 Å². The first kappa shape index (κ1) is 16.5. The quantitative estimate of drug-likeness (QED) is 0.907. The van der Waals surface area contributed by atoms with Crippen molar-refractivity contribution in [2.75, 3.05) is 11.9 Å². The molecule has 0 spiro atoms. The zero-order chi connectivity index (χ0) is 16.9. The predicted molar refractivity (Wildman–Crippen MR) is 94.7 cm³/mol. The van der Waals surface area contributed by atoms with E-state index in [1.165, 1.54) is 5.56 Å². The summed E-state index contributed by atoms with van der Waals surface area (Å²) in [4.78, 5) is 14.6. The second-order valence-corrected chi connectivity index (χ2v) is 6.53. The Labute approximate surface area is 142 Å². The molecule has 1 aliphatic heterocycles. The summed E-state index contributed by atoms with van der Waals surface area (Å²) >= 11 is 0. The van der Waals surface area contributed by atoms with Crippen molar-refractivity contribution >= 4 is 11.7 Å². The summed E-state index contributed by atoms with van der Waals surface area (Å²) in [5, 5.41) is 9.95. The summed E-state index contributed by atoms with van der Waals surface area (Å²) in [6.45, 7) is 4.19. The van der Waals surface area contributed by atoms with E-state index in [4.69, 9.17) is 0 Å². The first-order valence-corrected chi connectivity index (χ1v) is 8.44. The van der Waals surface area contributed by atoms with E-state index in [1.54, 1.807) is 17.1 Å². The number of aromatic nitrogens is 2. The van der Waals surface area contributed by atoms with Gasteiger partial charge < -0.3 is 10.6 Å². The number of hydrogen-bond acceptors (Lipinski definition) is 3. The Morgan fingerprint density at radius 3 is 2.79 bits per heavy atom. The Hall–Kier alpha value is -2.34. The highest BCUT2D eigenvalue weighted by Gasteiger charge is 2.26. The zero-order valence-electron chi connectivity index (χ0n) is 14.3. The fourth-order valence-electron chi connectivity index (χ4n) is 3.24. The molecule has 1 saturated heterocycles. The smallest absolute Gasteiger partial charge is 0.319 e. The van der Waals surface area contributed by atoms with E-state index >= 15 is 0 Å². The van der Waals surface area contributed by atoms with E-state index in [9.17, 15) is 4.79 Å². The summed E-state index contributed by atoms with van der Waals surface area (Å²) in [7, 11) is 1.83. The predicted octanol–water partition coefficient (Wildman–Crippen LogP) is 2.59. The summed E-state index contributed by atoms with van der Waals surface area (Å²) in [5.74, 6) is 0. The lowest BCUT2D eigenvalue weighted by Crippen LogP contribution is -2.49. The highest BCUT2D eigenvalue weighted by Crippen LogP contribution is 2.20. The lowest BCUT2D eigenvalue weighted by molar-refractivity contribution is 0.131. The molecule has 1 aromatic heterocycles. The van der Waals surface area contributed by atoms with Crippen LogP contribution in [0.4, 0.5) is 10.5 Å². The maximum atomic E-state index is 12.1. The minimum Gasteiger partial charge on any atom is -0.335 e. The van der Waals surface area contributed by atoms with Gasteiger partial charge in [0.05, 0.1) is 11.9 Å². The van der Waals surface area contributed by atoms with Crippen LogP contribution >= 0.6 is 0 Å². The number of piperidine rings is 1. The van der Waals surface area contributed by atoms with Gasteiger partial charge in [0.15, 0.2) is 0 Å². The lowest BCUT2D eigenvalue weighted by atomic mass is 9.97. The van der Waals surface area contributed by atoms with E-state index in [0.717, 1.165) is 25.9 Å². The van der Waals surface area contributed by atoms with Gasteiger partial charge in [0.2, 0.25) is 0 Å².